The van der Waals surface area contributed by atoms with Crippen molar-refractivity contribution in [2.75, 3.05) is 5.32 Å². The topological polar surface area (TPSA) is 70.6 Å². The van der Waals surface area contributed by atoms with Crippen molar-refractivity contribution < 1.29 is 22.8 Å². The van der Waals surface area contributed by atoms with Gasteiger partial charge in [0.25, 0.3) is 5.91 Å². The second-order valence-corrected chi connectivity index (χ2v) is 6.01. The van der Waals surface area contributed by atoms with Gasteiger partial charge >= 0.3 is 12.1 Å². The molecule has 9 heteroatoms. The van der Waals surface area contributed by atoms with Crippen molar-refractivity contribution in [3.05, 3.63) is 64.1 Å². The lowest BCUT2D eigenvalue weighted by atomic mass is 10.1. The predicted octanol–water partition coefficient (Wildman–Crippen LogP) is 4.10. The molecule has 2 aromatic rings. The molecular formula is C17H13BrF3N3O2. The molecule has 0 aliphatic heterocycles. The molecule has 0 radical (unpaired) electrons. The maximum Gasteiger partial charge on any atom is 0.471 e. The molecule has 2 rings (SSSR count). The molecule has 26 heavy (non-hydrogen) atoms. The molecule has 0 atom stereocenters. The fourth-order valence-corrected chi connectivity index (χ4v) is 2.39. The van der Waals surface area contributed by atoms with Gasteiger partial charge < -0.3 is 5.32 Å². The maximum absolute atomic E-state index is 12.3. The van der Waals surface area contributed by atoms with Crippen LogP contribution < -0.4 is 10.7 Å². The molecular weight excluding hydrogens is 415 g/mol. The van der Waals surface area contributed by atoms with Crippen LogP contribution in [0.3, 0.4) is 0 Å². The first-order valence-electron chi connectivity index (χ1n) is 7.26. The number of alkyl halides is 3. The summed E-state index contributed by atoms with van der Waals surface area (Å²) in [5.74, 6) is -2.51. The minimum atomic E-state index is -4.98. The van der Waals surface area contributed by atoms with E-state index in [0.29, 0.717) is 21.3 Å². The van der Waals surface area contributed by atoms with E-state index in [4.69, 9.17) is 0 Å². The van der Waals surface area contributed by atoms with Gasteiger partial charge in [0.05, 0.1) is 11.3 Å². The van der Waals surface area contributed by atoms with E-state index in [1.165, 1.54) is 18.2 Å². The fraction of sp³-hybridized carbons (Fsp3) is 0.118. The summed E-state index contributed by atoms with van der Waals surface area (Å²) in [6.45, 7) is 1.57. The van der Waals surface area contributed by atoms with Crippen LogP contribution in [0.1, 0.15) is 22.8 Å². The van der Waals surface area contributed by atoms with Crippen molar-refractivity contribution in [1.29, 1.82) is 0 Å². The lowest BCUT2D eigenvalue weighted by Crippen LogP contribution is -2.29. The zero-order valence-electron chi connectivity index (χ0n) is 13.4. The number of hydrazone groups is 1. The highest BCUT2D eigenvalue weighted by Crippen LogP contribution is 2.19. The summed E-state index contributed by atoms with van der Waals surface area (Å²) in [6, 6.07) is 12.5. The van der Waals surface area contributed by atoms with Crippen molar-refractivity contribution >= 4 is 39.1 Å². The van der Waals surface area contributed by atoms with E-state index >= 15 is 0 Å². The van der Waals surface area contributed by atoms with Gasteiger partial charge in [-0.15, -0.1) is 0 Å². The molecule has 0 heterocycles. The van der Waals surface area contributed by atoms with Gasteiger partial charge in [-0.05, 0) is 52.7 Å². The Labute approximate surface area is 155 Å². The van der Waals surface area contributed by atoms with Gasteiger partial charge in [-0.1, -0.05) is 24.3 Å². The molecule has 0 saturated heterocycles. The van der Waals surface area contributed by atoms with Crippen molar-refractivity contribution in [2.45, 2.75) is 13.1 Å². The zero-order valence-corrected chi connectivity index (χ0v) is 15.0. The van der Waals surface area contributed by atoms with E-state index in [2.05, 4.69) is 26.5 Å². The Kier molecular flexibility index (Phi) is 6.14. The largest absolute Gasteiger partial charge is 0.471 e. The van der Waals surface area contributed by atoms with E-state index in [9.17, 15) is 22.8 Å². The number of carbonyl (C=O) groups excluding carboxylic acids is 2. The second-order valence-electron chi connectivity index (χ2n) is 5.15. The van der Waals surface area contributed by atoms with Crippen molar-refractivity contribution in [1.82, 2.24) is 5.43 Å². The van der Waals surface area contributed by atoms with Crippen LogP contribution in [0.2, 0.25) is 0 Å². The Morgan fingerprint density at radius 1 is 1.08 bits per heavy atom. The van der Waals surface area contributed by atoms with Gasteiger partial charge in [0.2, 0.25) is 0 Å². The summed E-state index contributed by atoms with van der Waals surface area (Å²) in [5, 5.41) is 5.71. The molecule has 0 spiro atoms. The van der Waals surface area contributed by atoms with Gasteiger partial charge in [-0.25, -0.2) is 5.43 Å². The number of halogens is 4. The first-order valence-corrected chi connectivity index (χ1v) is 8.05. The van der Waals surface area contributed by atoms with Crippen LogP contribution in [-0.4, -0.2) is 23.7 Å². The molecule has 0 aromatic heterocycles. The van der Waals surface area contributed by atoms with Crippen LogP contribution in [0.4, 0.5) is 18.9 Å². The lowest BCUT2D eigenvalue weighted by Gasteiger charge is -2.09. The van der Waals surface area contributed by atoms with Crippen LogP contribution in [0.25, 0.3) is 0 Å². The number of anilines is 1. The number of rotatable bonds is 4. The molecule has 5 nitrogen and oxygen atoms in total. The molecule has 2 N–H and O–H groups in total. The first kappa shape index (κ1) is 19.6. The quantitative estimate of drug-likeness (QED) is 0.569. The molecule has 0 bridgehead atoms. The first-order chi connectivity index (χ1) is 12.2. The number of hydrogen-bond donors (Lipinski definition) is 2. The SMILES string of the molecule is C/C(=N\NC(=O)c1ccccc1Br)c1cccc(NC(=O)C(F)(F)F)c1. The van der Waals surface area contributed by atoms with Gasteiger partial charge in [-0.3, -0.25) is 9.59 Å². The summed E-state index contributed by atoms with van der Waals surface area (Å²) in [7, 11) is 0. The molecule has 136 valence electrons. The number of amides is 2. The van der Waals surface area contributed by atoms with E-state index in [-0.39, 0.29) is 5.69 Å². The molecule has 0 fully saturated rings. The number of nitrogens with one attached hydrogen (secondary N) is 2. The lowest BCUT2D eigenvalue weighted by molar-refractivity contribution is -0.167. The second kappa shape index (κ2) is 8.13. The highest BCUT2D eigenvalue weighted by Gasteiger charge is 2.38. The fourth-order valence-electron chi connectivity index (χ4n) is 1.93. The van der Waals surface area contributed by atoms with Crippen LogP contribution in [-0.2, 0) is 4.79 Å². The monoisotopic (exact) mass is 427 g/mol. The molecule has 2 aromatic carbocycles. The number of carbonyl (C=O) groups is 2. The van der Waals surface area contributed by atoms with E-state index in [0.717, 1.165) is 0 Å². The Balaban J connectivity index is 2.12. The van der Waals surface area contributed by atoms with Gasteiger partial charge in [0.15, 0.2) is 0 Å². The standard InChI is InChI=1S/C17H13BrF3N3O2/c1-10(23-24-15(25)13-7-2-3-8-14(13)18)11-5-4-6-12(9-11)22-16(26)17(19,20)21/h2-9H,1H3,(H,22,26)(H,24,25)/b23-10+. The Bertz CT molecular complexity index is 866. The van der Waals surface area contributed by atoms with E-state index in [1.807, 2.05) is 0 Å². The van der Waals surface area contributed by atoms with Crippen molar-refractivity contribution in [3.8, 4) is 0 Å². The third kappa shape index (κ3) is 5.16. The number of nitrogens with zero attached hydrogens (tertiary/aromatic N) is 1. The van der Waals surface area contributed by atoms with Crippen molar-refractivity contribution in [2.24, 2.45) is 5.10 Å². The Hall–Kier alpha value is -2.68. The highest BCUT2D eigenvalue weighted by atomic mass is 79.9. The van der Waals surface area contributed by atoms with Crippen LogP contribution in [0, 0.1) is 0 Å². The molecule has 0 saturated carbocycles. The van der Waals surface area contributed by atoms with Crippen LogP contribution >= 0.6 is 15.9 Å². The summed E-state index contributed by atoms with van der Waals surface area (Å²) in [4.78, 5) is 23.1. The number of benzene rings is 2. The average molecular weight is 428 g/mol. The minimum absolute atomic E-state index is 0.0310. The summed E-state index contributed by atoms with van der Waals surface area (Å²) >= 11 is 3.26. The number of hydrogen-bond acceptors (Lipinski definition) is 3. The summed E-state index contributed by atoms with van der Waals surface area (Å²) in [5.41, 5.74) is 3.52. The third-order valence-corrected chi connectivity index (χ3v) is 3.93. The van der Waals surface area contributed by atoms with Gasteiger partial charge in [0.1, 0.15) is 0 Å². The Morgan fingerprint density at radius 3 is 2.42 bits per heavy atom. The smallest absolute Gasteiger partial charge is 0.318 e. The predicted molar refractivity (Wildman–Crippen MR) is 94.9 cm³/mol. The molecule has 2 amide bonds. The van der Waals surface area contributed by atoms with Gasteiger partial charge in [-0.2, -0.15) is 18.3 Å². The summed E-state index contributed by atoms with van der Waals surface area (Å²) in [6.07, 6.45) is -4.98. The Morgan fingerprint density at radius 2 is 1.77 bits per heavy atom. The zero-order chi connectivity index (χ0) is 19.3. The normalized spacial score (nSPS) is 11.8. The van der Waals surface area contributed by atoms with Crippen LogP contribution in [0.15, 0.2) is 58.1 Å². The van der Waals surface area contributed by atoms with Crippen molar-refractivity contribution in [3.63, 3.8) is 0 Å². The third-order valence-electron chi connectivity index (χ3n) is 3.24. The minimum Gasteiger partial charge on any atom is -0.318 e. The van der Waals surface area contributed by atoms with Crippen LogP contribution in [0.5, 0.6) is 0 Å². The average Bonchev–Trinajstić information content (AvgIpc) is 2.59. The highest BCUT2D eigenvalue weighted by molar-refractivity contribution is 9.10. The van der Waals surface area contributed by atoms with Gasteiger partial charge in [0, 0.05) is 10.2 Å². The molecule has 0 aliphatic carbocycles. The van der Waals surface area contributed by atoms with E-state index in [1.54, 1.807) is 42.6 Å². The maximum atomic E-state index is 12.3. The summed E-state index contributed by atoms with van der Waals surface area (Å²) < 4.78 is 37.5. The molecule has 0 unspecified atom stereocenters. The molecule has 0 aliphatic rings. The van der Waals surface area contributed by atoms with E-state index < -0.39 is 18.0 Å².